The summed E-state index contributed by atoms with van der Waals surface area (Å²) in [6, 6.07) is 15.2. The minimum atomic E-state index is -3.50. The van der Waals surface area contributed by atoms with Crippen LogP contribution in [-0.2, 0) is 10.2 Å². The predicted octanol–water partition coefficient (Wildman–Crippen LogP) is 2.69. The molecule has 3 aliphatic rings. The Morgan fingerprint density at radius 3 is 2.28 bits per heavy atom. The molecule has 3 heterocycles. The van der Waals surface area contributed by atoms with Gasteiger partial charge in [-0.05, 0) is 68.1 Å². The fourth-order valence-electron chi connectivity index (χ4n) is 6.25. The van der Waals surface area contributed by atoms with Crippen molar-refractivity contribution in [2.75, 3.05) is 59.5 Å². The Labute approximate surface area is 216 Å². The van der Waals surface area contributed by atoms with E-state index >= 15 is 0 Å². The second-order valence-corrected chi connectivity index (χ2v) is 12.7. The third-order valence-corrected chi connectivity index (χ3v) is 10.7. The molecule has 0 saturated carbocycles. The molecular weight excluding hydrogens is 472 g/mol. The van der Waals surface area contributed by atoms with Crippen molar-refractivity contribution < 1.29 is 13.5 Å². The molecule has 3 fully saturated rings. The van der Waals surface area contributed by atoms with Crippen LogP contribution in [0.25, 0.3) is 11.1 Å². The van der Waals surface area contributed by atoms with Crippen LogP contribution in [0.15, 0.2) is 42.5 Å². The van der Waals surface area contributed by atoms with Crippen LogP contribution in [0.1, 0.15) is 35.4 Å². The number of benzene rings is 2. The van der Waals surface area contributed by atoms with Crippen molar-refractivity contribution in [1.82, 2.24) is 18.4 Å². The molecule has 1 unspecified atom stereocenters. The number of likely N-dealkylation sites (N-methyl/N-ethyl adjacent to an activating group) is 1. The topological polar surface area (TPSA) is 67.3 Å². The quantitative estimate of drug-likeness (QED) is 0.667. The van der Waals surface area contributed by atoms with Gasteiger partial charge in [0.2, 0.25) is 0 Å². The summed E-state index contributed by atoms with van der Waals surface area (Å²) < 4.78 is 30.6. The first-order valence-electron chi connectivity index (χ1n) is 13.3. The van der Waals surface area contributed by atoms with E-state index in [0.717, 1.165) is 32.5 Å². The highest BCUT2D eigenvalue weighted by Gasteiger charge is 2.50. The standard InChI is InChI=1S/C28H40N4O3S/c1-21-7-6-8-25(22(21)2)23-9-11-24(12-10-23)28-26-19-31(13-4-5-14-32(26)27(28)20-33)36(34,35)30-17-15-29(3)16-18-30/h6-12,26-28,33H,4-5,13-20H2,1-3H3/t26-,27+,28?/m0/s1. The maximum atomic E-state index is 13.6. The molecule has 5 rings (SSSR count). The van der Waals surface area contributed by atoms with E-state index in [0.29, 0.717) is 26.2 Å². The van der Waals surface area contributed by atoms with Gasteiger partial charge in [0.25, 0.3) is 10.2 Å². The molecule has 0 amide bonds. The molecule has 0 spiro atoms. The molecule has 0 aliphatic carbocycles. The monoisotopic (exact) mass is 512 g/mol. The third kappa shape index (κ3) is 4.75. The van der Waals surface area contributed by atoms with E-state index in [1.165, 1.54) is 27.8 Å². The first-order valence-corrected chi connectivity index (χ1v) is 14.7. The Balaban J connectivity index is 1.39. The van der Waals surface area contributed by atoms with E-state index in [1.54, 1.807) is 8.61 Å². The molecule has 3 saturated heterocycles. The lowest BCUT2D eigenvalue weighted by molar-refractivity contribution is -0.0559. The van der Waals surface area contributed by atoms with Gasteiger partial charge in [0.05, 0.1) is 6.61 Å². The first-order chi connectivity index (χ1) is 17.3. The van der Waals surface area contributed by atoms with Gasteiger partial charge in [-0.3, -0.25) is 4.90 Å². The number of rotatable bonds is 5. The highest BCUT2D eigenvalue weighted by Crippen LogP contribution is 2.43. The fourth-order valence-corrected chi connectivity index (χ4v) is 7.90. The molecule has 196 valence electrons. The van der Waals surface area contributed by atoms with Crippen molar-refractivity contribution >= 4 is 10.2 Å². The van der Waals surface area contributed by atoms with Crippen molar-refractivity contribution in [2.45, 2.75) is 44.7 Å². The smallest absolute Gasteiger partial charge is 0.282 e. The molecular formula is C28H40N4O3S. The Morgan fingerprint density at radius 2 is 1.58 bits per heavy atom. The van der Waals surface area contributed by atoms with Crippen molar-refractivity contribution in [2.24, 2.45) is 0 Å². The summed E-state index contributed by atoms with van der Waals surface area (Å²) in [5.41, 5.74) is 6.18. The summed E-state index contributed by atoms with van der Waals surface area (Å²) in [6.07, 6.45) is 1.80. The third-order valence-electron chi connectivity index (χ3n) is 8.66. The van der Waals surface area contributed by atoms with Gasteiger partial charge in [0.15, 0.2) is 0 Å². The van der Waals surface area contributed by atoms with Crippen molar-refractivity contribution in [3.63, 3.8) is 0 Å². The lowest BCUT2D eigenvalue weighted by Gasteiger charge is -2.57. The van der Waals surface area contributed by atoms with Crippen LogP contribution in [-0.4, -0.2) is 103 Å². The minimum absolute atomic E-state index is 0.0350. The molecule has 3 atom stereocenters. The molecule has 0 bridgehead atoms. The Bertz CT molecular complexity index is 1160. The van der Waals surface area contributed by atoms with Gasteiger partial charge in [-0.15, -0.1) is 0 Å². The average Bonchev–Trinajstić information content (AvgIpc) is 2.85. The number of hydrogen-bond acceptors (Lipinski definition) is 5. The molecule has 1 N–H and O–H groups in total. The van der Waals surface area contributed by atoms with E-state index in [-0.39, 0.29) is 24.6 Å². The van der Waals surface area contributed by atoms with Gasteiger partial charge in [-0.1, -0.05) is 42.5 Å². The highest BCUT2D eigenvalue weighted by atomic mass is 32.2. The molecule has 7 nitrogen and oxygen atoms in total. The summed E-state index contributed by atoms with van der Waals surface area (Å²) in [4.78, 5) is 4.52. The van der Waals surface area contributed by atoms with E-state index in [1.807, 2.05) is 7.05 Å². The summed E-state index contributed by atoms with van der Waals surface area (Å²) in [5.74, 6) is 0.117. The predicted molar refractivity (Wildman–Crippen MR) is 144 cm³/mol. The van der Waals surface area contributed by atoms with E-state index in [2.05, 4.69) is 66.1 Å². The van der Waals surface area contributed by atoms with Gasteiger partial charge >= 0.3 is 0 Å². The van der Waals surface area contributed by atoms with Gasteiger partial charge in [0.1, 0.15) is 0 Å². The SMILES string of the molecule is Cc1cccc(-c2ccc(C3[C@@H](CO)N4CCCCN(S(=O)(=O)N5CCN(C)CC5)C[C@@H]34)cc2)c1C. The molecule has 2 aromatic carbocycles. The number of nitrogens with zero attached hydrogens (tertiary/aromatic N) is 4. The van der Waals surface area contributed by atoms with Gasteiger partial charge < -0.3 is 10.0 Å². The van der Waals surface area contributed by atoms with Crippen LogP contribution >= 0.6 is 0 Å². The van der Waals surface area contributed by atoms with Crippen LogP contribution in [0.3, 0.4) is 0 Å². The minimum Gasteiger partial charge on any atom is -0.395 e. The second-order valence-electron chi connectivity index (χ2n) is 10.7. The normalized spacial score (nSPS) is 27.2. The zero-order valence-corrected chi connectivity index (χ0v) is 22.6. The van der Waals surface area contributed by atoms with E-state index in [4.69, 9.17) is 0 Å². The number of fused-ring (bicyclic) bond motifs is 1. The zero-order valence-electron chi connectivity index (χ0n) is 21.8. The zero-order chi connectivity index (χ0) is 25.4. The summed E-state index contributed by atoms with van der Waals surface area (Å²) in [5, 5.41) is 10.3. The van der Waals surface area contributed by atoms with Crippen LogP contribution in [0, 0.1) is 13.8 Å². The van der Waals surface area contributed by atoms with Gasteiger partial charge in [-0.2, -0.15) is 17.0 Å². The first kappa shape index (κ1) is 25.8. The Morgan fingerprint density at radius 1 is 0.889 bits per heavy atom. The van der Waals surface area contributed by atoms with Crippen molar-refractivity contribution in [3.8, 4) is 11.1 Å². The van der Waals surface area contributed by atoms with Gasteiger partial charge in [-0.25, -0.2) is 0 Å². The Kier molecular flexibility index (Phi) is 7.54. The molecule has 36 heavy (non-hydrogen) atoms. The highest BCUT2D eigenvalue weighted by molar-refractivity contribution is 7.86. The van der Waals surface area contributed by atoms with Crippen molar-refractivity contribution in [3.05, 3.63) is 59.2 Å². The largest absolute Gasteiger partial charge is 0.395 e. The van der Waals surface area contributed by atoms with E-state index < -0.39 is 10.2 Å². The lowest BCUT2D eigenvalue weighted by Crippen LogP contribution is -2.68. The number of aliphatic hydroxyl groups excluding tert-OH is 1. The maximum Gasteiger partial charge on any atom is 0.282 e. The molecule has 3 aliphatic heterocycles. The van der Waals surface area contributed by atoms with Crippen LogP contribution in [0.2, 0.25) is 0 Å². The maximum absolute atomic E-state index is 13.6. The van der Waals surface area contributed by atoms with Crippen LogP contribution < -0.4 is 0 Å². The van der Waals surface area contributed by atoms with Crippen LogP contribution in [0.4, 0.5) is 0 Å². The summed E-state index contributed by atoms with van der Waals surface area (Å²) in [6.45, 7) is 8.98. The number of piperazine rings is 1. The van der Waals surface area contributed by atoms with E-state index in [9.17, 15) is 13.5 Å². The fraction of sp³-hybridized carbons (Fsp3) is 0.571. The Hall–Kier alpha value is -1.81. The summed E-state index contributed by atoms with van der Waals surface area (Å²) >= 11 is 0. The summed E-state index contributed by atoms with van der Waals surface area (Å²) in [7, 11) is -1.46. The molecule has 0 aromatic heterocycles. The number of aryl methyl sites for hydroxylation is 1. The second kappa shape index (κ2) is 10.5. The number of aliphatic hydroxyl groups is 1. The lowest BCUT2D eigenvalue weighted by atomic mass is 9.74. The van der Waals surface area contributed by atoms with Crippen LogP contribution in [0.5, 0.6) is 0 Å². The number of hydrogen-bond donors (Lipinski definition) is 1. The van der Waals surface area contributed by atoms with Gasteiger partial charge in [0, 0.05) is 57.3 Å². The molecule has 2 aromatic rings. The van der Waals surface area contributed by atoms with Crippen molar-refractivity contribution in [1.29, 1.82) is 0 Å². The molecule has 0 radical (unpaired) electrons. The molecule has 8 heteroatoms. The average molecular weight is 513 g/mol.